The summed E-state index contributed by atoms with van der Waals surface area (Å²) in [5.41, 5.74) is 2.29. The summed E-state index contributed by atoms with van der Waals surface area (Å²) in [6.07, 6.45) is 1.64. The van der Waals surface area contributed by atoms with E-state index in [1.165, 1.54) is 5.56 Å². The summed E-state index contributed by atoms with van der Waals surface area (Å²) in [6.45, 7) is 2.09. The van der Waals surface area contributed by atoms with Crippen molar-refractivity contribution in [1.82, 2.24) is 9.97 Å². The van der Waals surface area contributed by atoms with Crippen molar-refractivity contribution in [2.45, 2.75) is 19.8 Å². The zero-order valence-corrected chi connectivity index (χ0v) is 13.8. The molecule has 1 aromatic heterocycles. The van der Waals surface area contributed by atoms with E-state index >= 15 is 0 Å². The molecule has 0 amide bonds. The lowest BCUT2D eigenvalue weighted by Gasteiger charge is -2.08. The standard InChI is InChI=1S/C13H12Br2N2S/c1-2-10-12(15)13(18)17-11(16-10)7-8-5-3-4-6-9(8)14/h3-6H,2,7H2,1H3,(H,16,17,18). The van der Waals surface area contributed by atoms with Crippen molar-refractivity contribution >= 4 is 44.1 Å². The predicted octanol–water partition coefficient (Wildman–Crippen LogP) is 4.82. The maximum atomic E-state index is 5.25. The molecule has 0 aliphatic carbocycles. The van der Waals surface area contributed by atoms with Crippen molar-refractivity contribution in [3.63, 3.8) is 0 Å². The zero-order valence-electron chi connectivity index (χ0n) is 9.84. The first-order valence-electron chi connectivity index (χ1n) is 5.62. The number of aromatic nitrogens is 2. The van der Waals surface area contributed by atoms with Gasteiger partial charge in [-0.15, -0.1) is 0 Å². The van der Waals surface area contributed by atoms with Gasteiger partial charge in [0.05, 0.1) is 4.47 Å². The second-order valence-electron chi connectivity index (χ2n) is 3.90. The molecule has 94 valence electrons. The molecule has 0 spiro atoms. The van der Waals surface area contributed by atoms with Gasteiger partial charge in [-0.05, 0) is 34.0 Å². The molecule has 1 heterocycles. The fourth-order valence-electron chi connectivity index (χ4n) is 1.71. The lowest BCUT2D eigenvalue weighted by molar-refractivity contribution is 0.887. The van der Waals surface area contributed by atoms with Crippen LogP contribution >= 0.6 is 44.1 Å². The summed E-state index contributed by atoms with van der Waals surface area (Å²) in [4.78, 5) is 7.74. The van der Waals surface area contributed by atoms with Crippen molar-refractivity contribution in [2.75, 3.05) is 0 Å². The van der Waals surface area contributed by atoms with Crippen molar-refractivity contribution < 1.29 is 0 Å². The Bertz CT molecular complexity index is 623. The van der Waals surface area contributed by atoms with E-state index in [1.807, 2.05) is 18.2 Å². The van der Waals surface area contributed by atoms with Gasteiger partial charge >= 0.3 is 0 Å². The number of nitrogens with zero attached hydrogens (tertiary/aromatic N) is 1. The van der Waals surface area contributed by atoms with Gasteiger partial charge in [-0.1, -0.05) is 53.3 Å². The van der Waals surface area contributed by atoms with Crippen LogP contribution in [0, 0.1) is 4.64 Å². The Morgan fingerprint density at radius 1 is 1.28 bits per heavy atom. The maximum Gasteiger partial charge on any atom is 0.144 e. The van der Waals surface area contributed by atoms with Gasteiger partial charge in [0, 0.05) is 16.6 Å². The van der Waals surface area contributed by atoms with Gasteiger partial charge in [0.25, 0.3) is 0 Å². The number of H-pyrrole nitrogens is 1. The summed E-state index contributed by atoms with van der Waals surface area (Å²) in [5.74, 6) is 0.895. The third-order valence-corrected chi connectivity index (χ3v) is 4.84. The number of benzene rings is 1. The minimum absolute atomic E-state index is 0.618. The normalized spacial score (nSPS) is 10.6. The quantitative estimate of drug-likeness (QED) is 0.765. The molecule has 2 rings (SSSR count). The van der Waals surface area contributed by atoms with Crippen LogP contribution in [0.25, 0.3) is 0 Å². The van der Waals surface area contributed by atoms with Gasteiger partial charge in [-0.25, -0.2) is 4.98 Å². The number of aromatic amines is 1. The molecule has 0 atom stereocenters. The van der Waals surface area contributed by atoms with Crippen LogP contribution in [0.5, 0.6) is 0 Å². The summed E-state index contributed by atoms with van der Waals surface area (Å²) in [6, 6.07) is 8.14. The Morgan fingerprint density at radius 2 is 2.00 bits per heavy atom. The van der Waals surface area contributed by atoms with Crippen LogP contribution in [0.4, 0.5) is 0 Å². The van der Waals surface area contributed by atoms with Gasteiger partial charge in [0.2, 0.25) is 0 Å². The number of hydrogen-bond donors (Lipinski definition) is 1. The summed E-state index contributed by atoms with van der Waals surface area (Å²) < 4.78 is 2.61. The Labute approximate surface area is 128 Å². The van der Waals surface area contributed by atoms with Gasteiger partial charge in [0.1, 0.15) is 10.5 Å². The predicted molar refractivity (Wildman–Crippen MR) is 83.4 cm³/mol. The zero-order chi connectivity index (χ0) is 13.1. The molecule has 2 aromatic rings. The Kier molecular flexibility index (Phi) is 4.70. The molecule has 0 aliphatic heterocycles. The average Bonchev–Trinajstić information content (AvgIpc) is 2.36. The van der Waals surface area contributed by atoms with E-state index in [0.717, 1.165) is 33.3 Å². The lowest BCUT2D eigenvalue weighted by atomic mass is 10.1. The van der Waals surface area contributed by atoms with E-state index in [2.05, 4.69) is 54.8 Å². The van der Waals surface area contributed by atoms with Gasteiger partial charge in [-0.2, -0.15) is 0 Å². The first-order valence-corrected chi connectivity index (χ1v) is 7.62. The molecular formula is C13H12Br2N2S. The van der Waals surface area contributed by atoms with Gasteiger partial charge < -0.3 is 4.98 Å². The Morgan fingerprint density at radius 3 is 2.67 bits per heavy atom. The molecule has 1 aromatic carbocycles. The molecule has 0 saturated carbocycles. The van der Waals surface area contributed by atoms with Crippen molar-refractivity contribution in [1.29, 1.82) is 0 Å². The van der Waals surface area contributed by atoms with Gasteiger partial charge in [-0.3, -0.25) is 0 Å². The fourth-order valence-corrected chi connectivity index (χ4v) is 2.83. The highest BCUT2D eigenvalue weighted by Crippen LogP contribution is 2.20. The highest BCUT2D eigenvalue weighted by Gasteiger charge is 2.07. The van der Waals surface area contributed by atoms with E-state index < -0.39 is 0 Å². The van der Waals surface area contributed by atoms with E-state index in [9.17, 15) is 0 Å². The van der Waals surface area contributed by atoms with E-state index in [4.69, 9.17) is 12.2 Å². The second-order valence-corrected chi connectivity index (χ2v) is 5.94. The van der Waals surface area contributed by atoms with Crippen molar-refractivity contribution in [3.05, 3.63) is 54.9 Å². The molecule has 0 saturated heterocycles. The molecule has 0 fully saturated rings. The van der Waals surface area contributed by atoms with Crippen LogP contribution in [-0.4, -0.2) is 9.97 Å². The molecular weight excluding hydrogens is 376 g/mol. The van der Waals surface area contributed by atoms with Crippen molar-refractivity contribution in [2.24, 2.45) is 0 Å². The van der Waals surface area contributed by atoms with Crippen LogP contribution in [-0.2, 0) is 12.8 Å². The average molecular weight is 388 g/mol. The van der Waals surface area contributed by atoms with Gasteiger partial charge in [0.15, 0.2) is 0 Å². The number of rotatable bonds is 3. The second kappa shape index (κ2) is 6.08. The van der Waals surface area contributed by atoms with E-state index in [0.29, 0.717) is 4.64 Å². The Hall–Kier alpha value is -0.520. The topological polar surface area (TPSA) is 28.7 Å². The van der Waals surface area contributed by atoms with Crippen LogP contribution in [0.1, 0.15) is 24.0 Å². The van der Waals surface area contributed by atoms with E-state index in [-0.39, 0.29) is 0 Å². The number of hydrogen-bond acceptors (Lipinski definition) is 2. The summed E-state index contributed by atoms with van der Waals surface area (Å²) in [5, 5.41) is 0. The molecule has 0 radical (unpaired) electrons. The van der Waals surface area contributed by atoms with Crippen LogP contribution < -0.4 is 0 Å². The largest absolute Gasteiger partial charge is 0.346 e. The number of halogens is 2. The molecule has 18 heavy (non-hydrogen) atoms. The van der Waals surface area contributed by atoms with Crippen LogP contribution in [0.2, 0.25) is 0 Å². The maximum absolute atomic E-state index is 5.25. The highest BCUT2D eigenvalue weighted by molar-refractivity contribution is 9.10. The van der Waals surface area contributed by atoms with Crippen molar-refractivity contribution in [3.8, 4) is 0 Å². The van der Waals surface area contributed by atoms with Crippen LogP contribution in [0.3, 0.4) is 0 Å². The first kappa shape index (κ1) is 13.9. The monoisotopic (exact) mass is 386 g/mol. The number of nitrogens with one attached hydrogen (secondary N) is 1. The molecule has 0 bridgehead atoms. The first-order chi connectivity index (χ1) is 8.61. The minimum atomic E-state index is 0.618. The third-order valence-electron chi connectivity index (χ3n) is 2.65. The molecule has 0 aliphatic rings. The lowest BCUT2D eigenvalue weighted by Crippen LogP contribution is -2.02. The fraction of sp³-hybridized carbons (Fsp3) is 0.231. The molecule has 1 N–H and O–H groups in total. The number of aryl methyl sites for hydroxylation is 1. The van der Waals surface area contributed by atoms with Crippen LogP contribution in [0.15, 0.2) is 33.2 Å². The Balaban J connectivity index is 2.39. The SMILES string of the molecule is CCc1[nH]c(Cc2ccccc2Br)nc(=S)c1Br. The minimum Gasteiger partial charge on any atom is -0.346 e. The molecule has 5 heteroatoms. The highest BCUT2D eigenvalue weighted by atomic mass is 79.9. The molecule has 0 unspecified atom stereocenters. The summed E-state index contributed by atoms with van der Waals surface area (Å²) in [7, 11) is 0. The third kappa shape index (κ3) is 3.08. The smallest absolute Gasteiger partial charge is 0.144 e. The summed E-state index contributed by atoms with van der Waals surface area (Å²) >= 11 is 12.3. The van der Waals surface area contributed by atoms with E-state index in [1.54, 1.807) is 0 Å². The molecule has 2 nitrogen and oxygen atoms in total.